The van der Waals surface area contributed by atoms with Crippen LogP contribution in [0.5, 0.6) is 0 Å². The van der Waals surface area contributed by atoms with Gasteiger partial charge in [0.25, 0.3) is 0 Å². The Kier molecular flexibility index (Phi) is 3.77. The summed E-state index contributed by atoms with van der Waals surface area (Å²) in [6.07, 6.45) is 4.58. The smallest absolute Gasteiger partial charge is 0.0991 e. The fourth-order valence-corrected chi connectivity index (χ4v) is 4.62. The van der Waals surface area contributed by atoms with E-state index in [0.29, 0.717) is 12.0 Å². The molecule has 3 rings (SSSR count). The number of rotatable bonds is 2. The van der Waals surface area contributed by atoms with E-state index >= 15 is 0 Å². The molecular formula is C20H26N2. The van der Waals surface area contributed by atoms with Crippen LogP contribution in [0, 0.1) is 22.7 Å². The number of hydrogen-bond donors (Lipinski definition) is 0. The zero-order chi connectivity index (χ0) is 15.9. The maximum Gasteiger partial charge on any atom is 0.0991 e. The van der Waals surface area contributed by atoms with Crippen molar-refractivity contribution in [2.75, 3.05) is 6.54 Å². The number of nitrogens with zero attached hydrogens (tertiary/aromatic N) is 2. The second-order valence-corrected chi connectivity index (χ2v) is 7.51. The minimum atomic E-state index is 0.281. The highest BCUT2D eigenvalue weighted by molar-refractivity contribution is 5.43. The summed E-state index contributed by atoms with van der Waals surface area (Å²) in [6.45, 7) is 12.5. The number of benzene rings is 1. The van der Waals surface area contributed by atoms with Crippen molar-refractivity contribution >= 4 is 0 Å². The van der Waals surface area contributed by atoms with Crippen molar-refractivity contribution in [3.8, 4) is 6.07 Å². The second-order valence-electron chi connectivity index (χ2n) is 7.51. The average Bonchev–Trinajstić information content (AvgIpc) is 2.90. The molecule has 1 aliphatic carbocycles. The zero-order valence-electron chi connectivity index (χ0n) is 14.0. The number of fused-ring (bicyclic) bond motifs is 1. The SMILES string of the molecule is C=C1CCCN1C1c2cc(C#N)ccc2CC(C)(C)C1CC. The first-order valence-corrected chi connectivity index (χ1v) is 8.45. The summed E-state index contributed by atoms with van der Waals surface area (Å²) in [5, 5.41) is 9.29. The van der Waals surface area contributed by atoms with E-state index < -0.39 is 0 Å². The molecule has 0 saturated carbocycles. The first kappa shape index (κ1) is 15.2. The van der Waals surface area contributed by atoms with Gasteiger partial charge in [0.05, 0.1) is 17.7 Å². The number of allylic oxidation sites excluding steroid dienone is 1. The summed E-state index contributed by atoms with van der Waals surface area (Å²) < 4.78 is 0. The van der Waals surface area contributed by atoms with Crippen LogP contribution in [0.3, 0.4) is 0 Å². The lowest BCUT2D eigenvalue weighted by molar-refractivity contribution is 0.0760. The molecular weight excluding hydrogens is 268 g/mol. The van der Waals surface area contributed by atoms with E-state index in [9.17, 15) is 5.26 Å². The molecule has 2 unspecified atom stereocenters. The van der Waals surface area contributed by atoms with Gasteiger partial charge in [-0.1, -0.05) is 39.8 Å². The standard InChI is InChI=1S/C20H26N2/c1-5-18-19(22-10-6-7-14(22)2)17-11-15(13-21)8-9-16(17)12-20(18,3)4/h8-9,11,18-19H,2,5-7,10,12H2,1,3-4H3. The lowest BCUT2D eigenvalue weighted by atomic mass is 9.62. The molecule has 2 heteroatoms. The highest BCUT2D eigenvalue weighted by Crippen LogP contribution is 2.51. The third-order valence-electron chi connectivity index (χ3n) is 5.67. The van der Waals surface area contributed by atoms with Crippen molar-refractivity contribution < 1.29 is 0 Å². The number of nitriles is 1. The third-order valence-corrected chi connectivity index (χ3v) is 5.67. The van der Waals surface area contributed by atoms with E-state index in [1.54, 1.807) is 0 Å². The summed E-state index contributed by atoms with van der Waals surface area (Å²) in [7, 11) is 0. The highest BCUT2D eigenvalue weighted by Gasteiger charge is 2.44. The van der Waals surface area contributed by atoms with Crippen LogP contribution in [0.2, 0.25) is 0 Å². The zero-order valence-corrected chi connectivity index (χ0v) is 14.0. The first-order valence-electron chi connectivity index (χ1n) is 8.45. The maximum absolute atomic E-state index is 9.29. The molecule has 2 aliphatic rings. The fourth-order valence-electron chi connectivity index (χ4n) is 4.62. The van der Waals surface area contributed by atoms with E-state index in [1.807, 2.05) is 6.07 Å². The molecule has 0 aromatic heterocycles. The molecule has 1 fully saturated rings. The minimum Gasteiger partial charge on any atom is -0.368 e. The van der Waals surface area contributed by atoms with Crippen LogP contribution in [-0.4, -0.2) is 11.4 Å². The molecule has 22 heavy (non-hydrogen) atoms. The van der Waals surface area contributed by atoms with Gasteiger partial charge >= 0.3 is 0 Å². The average molecular weight is 294 g/mol. The van der Waals surface area contributed by atoms with Crippen molar-refractivity contribution in [2.24, 2.45) is 11.3 Å². The molecule has 0 amide bonds. The van der Waals surface area contributed by atoms with Crippen molar-refractivity contribution in [3.05, 3.63) is 47.2 Å². The van der Waals surface area contributed by atoms with Gasteiger partial charge < -0.3 is 4.90 Å². The lowest BCUT2D eigenvalue weighted by Gasteiger charge is -2.49. The largest absolute Gasteiger partial charge is 0.368 e. The molecule has 1 saturated heterocycles. The van der Waals surface area contributed by atoms with Gasteiger partial charge in [-0.3, -0.25) is 0 Å². The predicted molar refractivity (Wildman–Crippen MR) is 90.2 cm³/mol. The Bertz CT molecular complexity index is 636. The van der Waals surface area contributed by atoms with Crippen molar-refractivity contribution in [2.45, 2.75) is 52.5 Å². The van der Waals surface area contributed by atoms with Gasteiger partial charge in [-0.15, -0.1) is 0 Å². The first-order chi connectivity index (χ1) is 10.5. The molecule has 2 atom stereocenters. The molecule has 0 spiro atoms. The van der Waals surface area contributed by atoms with Crippen molar-refractivity contribution in [3.63, 3.8) is 0 Å². The van der Waals surface area contributed by atoms with Crippen molar-refractivity contribution in [1.82, 2.24) is 4.90 Å². The minimum absolute atomic E-state index is 0.281. The summed E-state index contributed by atoms with van der Waals surface area (Å²) >= 11 is 0. The molecule has 116 valence electrons. The Morgan fingerprint density at radius 2 is 2.18 bits per heavy atom. The number of likely N-dealkylation sites (tertiary alicyclic amines) is 1. The van der Waals surface area contributed by atoms with Crippen LogP contribution >= 0.6 is 0 Å². The Morgan fingerprint density at radius 3 is 2.77 bits per heavy atom. The predicted octanol–water partition coefficient (Wildman–Crippen LogP) is 4.82. The van der Waals surface area contributed by atoms with Gasteiger partial charge in [0.15, 0.2) is 0 Å². The van der Waals surface area contributed by atoms with E-state index in [4.69, 9.17) is 0 Å². The van der Waals surface area contributed by atoms with Crippen LogP contribution in [0.4, 0.5) is 0 Å². The van der Waals surface area contributed by atoms with Gasteiger partial charge in [0.1, 0.15) is 0 Å². The molecule has 1 aliphatic heterocycles. The summed E-state index contributed by atoms with van der Waals surface area (Å²) in [6, 6.07) is 8.97. The molecule has 1 aromatic carbocycles. The van der Waals surface area contributed by atoms with Gasteiger partial charge in [0.2, 0.25) is 0 Å². The van der Waals surface area contributed by atoms with E-state index in [-0.39, 0.29) is 5.41 Å². The van der Waals surface area contributed by atoms with Gasteiger partial charge in [0, 0.05) is 12.2 Å². The van der Waals surface area contributed by atoms with Gasteiger partial charge in [-0.05, 0) is 53.9 Å². The number of hydrogen-bond acceptors (Lipinski definition) is 2. The topological polar surface area (TPSA) is 27.0 Å². The quantitative estimate of drug-likeness (QED) is 0.782. The Balaban J connectivity index is 2.14. The van der Waals surface area contributed by atoms with Crippen molar-refractivity contribution in [1.29, 1.82) is 5.26 Å². The molecule has 1 aromatic rings. The van der Waals surface area contributed by atoms with Crippen LogP contribution in [0.15, 0.2) is 30.5 Å². The Morgan fingerprint density at radius 1 is 1.41 bits per heavy atom. The highest BCUT2D eigenvalue weighted by atomic mass is 15.2. The van der Waals surface area contributed by atoms with Gasteiger partial charge in [-0.25, -0.2) is 0 Å². The summed E-state index contributed by atoms with van der Waals surface area (Å²) in [4.78, 5) is 2.52. The van der Waals surface area contributed by atoms with E-state index in [1.165, 1.54) is 23.2 Å². The van der Waals surface area contributed by atoms with Gasteiger partial charge in [-0.2, -0.15) is 5.26 Å². The van der Waals surface area contributed by atoms with Crippen LogP contribution < -0.4 is 0 Å². The maximum atomic E-state index is 9.29. The van der Waals surface area contributed by atoms with E-state index in [0.717, 1.165) is 31.4 Å². The third kappa shape index (κ3) is 2.33. The fraction of sp³-hybridized carbons (Fsp3) is 0.550. The second kappa shape index (κ2) is 5.47. The van der Waals surface area contributed by atoms with Crippen LogP contribution in [-0.2, 0) is 6.42 Å². The monoisotopic (exact) mass is 294 g/mol. The Hall–Kier alpha value is -1.75. The van der Waals surface area contributed by atoms with Crippen LogP contribution in [0.25, 0.3) is 0 Å². The Labute approximate surface area is 134 Å². The van der Waals surface area contributed by atoms with Crippen LogP contribution in [0.1, 0.15) is 62.8 Å². The normalized spacial score (nSPS) is 26.6. The molecule has 0 radical (unpaired) electrons. The van der Waals surface area contributed by atoms with E-state index in [2.05, 4.69) is 50.5 Å². The molecule has 1 heterocycles. The summed E-state index contributed by atoms with van der Waals surface area (Å²) in [5.41, 5.74) is 5.12. The molecule has 0 N–H and O–H groups in total. The molecule has 2 nitrogen and oxygen atoms in total. The molecule has 0 bridgehead atoms. The summed E-state index contributed by atoms with van der Waals surface area (Å²) in [5.74, 6) is 0.601. The lowest BCUT2D eigenvalue weighted by Crippen LogP contribution is -2.42.